The van der Waals surface area contributed by atoms with Gasteiger partial charge in [0.15, 0.2) is 0 Å². The predicted molar refractivity (Wildman–Crippen MR) is 72.7 cm³/mol. The maximum atomic E-state index is 11.9. The second kappa shape index (κ2) is 4.21. The van der Waals surface area contributed by atoms with E-state index in [0.29, 0.717) is 23.8 Å². The highest BCUT2D eigenvalue weighted by atomic mass is 16.6. The largest absolute Gasteiger partial charge is 0.456 e. The SMILES string of the molecule is C=CC(=O)OC12CC3CC(C1)C(OC(=O)C(=C)C)(C3)C2. The molecule has 0 aromatic heterocycles. The summed E-state index contributed by atoms with van der Waals surface area (Å²) in [4.78, 5) is 23.5. The molecule has 4 aliphatic rings. The lowest BCUT2D eigenvalue weighted by Gasteiger charge is -2.39. The molecule has 4 atom stereocenters. The zero-order chi connectivity index (χ0) is 14.5. The quantitative estimate of drug-likeness (QED) is 0.585. The van der Waals surface area contributed by atoms with Crippen molar-refractivity contribution >= 4 is 11.9 Å². The third-order valence-corrected chi connectivity index (χ3v) is 5.02. The van der Waals surface area contributed by atoms with Crippen LogP contribution in [0.25, 0.3) is 0 Å². The molecule has 0 aromatic rings. The summed E-state index contributed by atoms with van der Waals surface area (Å²) in [6.45, 7) is 8.76. The van der Waals surface area contributed by atoms with Crippen LogP contribution in [0.5, 0.6) is 0 Å². The van der Waals surface area contributed by atoms with Crippen LogP contribution in [0.15, 0.2) is 24.8 Å². The Morgan fingerprint density at radius 3 is 2.65 bits per heavy atom. The summed E-state index contributed by atoms with van der Waals surface area (Å²) in [5, 5.41) is 0. The van der Waals surface area contributed by atoms with Crippen molar-refractivity contribution < 1.29 is 19.1 Å². The summed E-state index contributed by atoms with van der Waals surface area (Å²) in [5.74, 6) is 0.0805. The van der Waals surface area contributed by atoms with Crippen LogP contribution in [0, 0.1) is 11.8 Å². The van der Waals surface area contributed by atoms with Crippen molar-refractivity contribution in [1.29, 1.82) is 0 Å². The van der Waals surface area contributed by atoms with Crippen LogP contribution in [0.2, 0.25) is 0 Å². The van der Waals surface area contributed by atoms with Gasteiger partial charge in [0.1, 0.15) is 11.2 Å². The minimum atomic E-state index is -0.452. The number of esters is 2. The Labute approximate surface area is 118 Å². The van der Waals surface area contributed by atoms with E-state index in [1.54, 1.807) is 6.92 Å². The lowest BCUT2D eigenvalue weighted by molar-refractivity contribution is -0.168. The third kappa shape index (κ3) is 1.89. The van der Waals surface area contributed by atoms with Crippen LogP contribution in [-0.4, -0.2) is 23.1 Å². The molecule has 0 spiro atoms. The number of carbonyl (C=O) groups excluding carboxylic acids is 2. The van der Waals surface area contributed by atoms with Crippen molar-refractivity contribution in [3.05, 3.63) is 24.8 Å². The number of rotatable bonds is 4. The van der Waals surface area contributed by atoms with Gasteiger partial charge in [0.25, 0.3) is 0 Å². The molecular formula is C16H20O4. The minimum Gasteiger partial charge on any atom is -0.456 e. The van der Waals surface area contributed by atoms with Gasteiger partial charge in [-0.2, -0.15) is 0 Å². The molecule has 4 unspecified atom stereocenters. The van der Waals surface area contributed by atoms with Gasteiger partial charge in [0.2, 0.25) is 0 Å². The van der Waals surface area contributed by atoms with E-state index in [1.807, 2.05) is 0 Å². The Balaban J connectivity index is 1.82. The smallest absolute Gasteiger partial charge is 0.333 e. The standard InChI is InChI=1S/C16H20O4/c1-4-13(17)19-15-6-11-5-12(8-15)16(7-11,9-15)20-14(18)10(2)3/h4,11-12H,1-2,5-9H2,3H3. The van der Waals surface area contributed by atoms with Gasteiger partial charge in [-0.25, -0.2) is 9.59 Å². The molecule has 0 N–H and O–H groups in total. The van der Waals surface area contributed by atoms with Crippen LogP contribution >= 0.6 is 0 Å². The molecule has 4 fully saturated rings. The highest BCUT2D eigenvalue weighted by molar-refractivity contribution is 5.87. The first-order chi connectivity index (χ1) is 9.38. The van der Waals surface area contributed by atoms with Crippen LogP contribution in [-0.2, 0) is 19.1 Å². The van der Waals surface area contributed by atoms with Crippen LogP contribution < -0.4 is 0 Å². The van der Waals surface area contributed by atoms with Gasteiger partial charge in [-0.15, -0.1) is 0 Å². The van der Waals surface area contributed by atoms with E-state index in [9.17, 15) is 9.59 Å². The van der Waals surface area contributed by atoms with E-state index in [0.717, 1.165) is 25.7 Å². The molecule has 0 aliphatic heterocycles. The van der Waals surface area contributed by atoms with Gasteiger partial charge in [0, 0.05) is 24.0 Å². The van der Waals surface area contributed by atoms with Crippen molar-refractivity contribution in [2.24, 2.45) is 11.8 Å². The molecule has 4 bridgehead atoms. The van der Waals surface area contributed by atoms with E-state index in [4.69, 9.17) is 9.47 Å². The molecule has 0 amide bonds. The highest BCUT2D eigenvalue weighted by Crippen LogP contribution is 2.65. The maximum Gasteiger partial charge on any atom is 0.333 e. The second-order valence-electron chi connectivity index (χ2n) is 6.63. The fourth-order valence-electron chi connectivity index (χ4n) is 4.55. The van der Waals surface area contributed by atoms with Gasteiger partial charge >= 0.3 is 11.9 Å². The molecular weight excluding hydrogens is 256 g/mol. The first-order valence-corrected chi connectivity index (χ1v) is 7.12. The maximum absolute atomic E-state index is 11.9. The molecule has 0 aromatic carbocycles. The first kappa shape index (κ1) is 13.4. The number of ether oxygens (including phenoxy) is 2. The van der Waals surface area contributed by atoms with Gasteiger partial charge in [-0.05, 0) is 38.5 Å². The van der Waals surface area contributed by atoms with Gasteiger partial charge < -0.3 is 9.47 Å². The lowest BCUT2D eigenvalue weighted by Crippen LogP contribution is -2.43. The van der Waals surface area contributed by atoms with Gasteiger partial charge in [-0.3, -0.25) is 0 Å². The molecule has 0 radical (unpaired) electrons. The van der Waals surface area contributed by atoms with Crippen molar-refractivity contribution in [2.45, 2.75) is 50.2 Å². The number of hydrogen-bond acceptors (Lipinski definition) is 4. The molecule has 20 heavy (non-hydrogen) atoms. The summed E-state index contributed by atoms with van der Waals surface area (Å²) < 4.78 is 11.4. The lowest BCUT2D eigenvalue weighted by atomic mass is 9.77. The van der Waals surface area contributed by atoms with Crippen LogP contribution in [0.1, 0.15) is 39.0 Å². The Morgan fingerprint density at radius 1 is 1.25 bits per heavy atom. The van der Waals surface area contributed by atoms with Gasteiger partial charge in [0.05, 0.1) is 0 Å². The zero-order valence-electron chi connectivity index (χ0n) is 11.8. The fraction of sp³-hybridized carbons (Fsp3) is 0.625. The Kier molecular flexibility index (Phi) is 2.82. The highest BCUT2D eigenvalue weighted by Gasteiger charge is 2.67. The Hall–Kier alpha value is -1.58. The first-order valence-electron chi connectivity index (χ1n) is 7.12. The summed E-state index contributed by atoms with van der Waals surface area (Å²) in [6, 6.07) is 0. The Bertz CT molecular complexity index is 509. The predicted octanol–water partition coefficient (Wildman–Crippen LogP) is 2.54. The second-order valence-corrected chi connectivity index (χ2v) is 6.63. The molecule has 0 saturated heterocycles. The summed E-state index contributed by atoms with van der Waals surface area (Å²) in [5.41, 5.74) is -0.477. The molecule has 4 heteroatoms. The number of carbonyl (C=O) groups is 2. The summed E-state index contributed by atoms with van der Waals surface area (Å²) >= 11 is 0. The summed E-state index contributed by atoms with van der Waals surface area (Å²) in [6.07, 6.45) is 5.47. The third-order valence-electron chi connectivity index (χ3n) is 5.02. The topological polar surface area (TPSA) is 52.6 Å². The van der Waals surface area contributed by atoms with Crippen LogP contribution in [0.4, 0.5) is 0 Å². The molecule has 4 aliphatic carbocycles. The normalized spacial score (nSPS) is 40.5. The van der Waals surface area contributed by atoms with E-state index < -0.39 is 11.2 Å². The van der Waals surface area contributed by atoms with Crippen molar-refractivity contribution in [3.63, 3.8) is 0 Å². The summed E-state index contributed by atoms with van der Waals surface area (Å²) in [7, 11) is 0. The zero-order valence-corrected chi connectivity index (χ0v) is 11.8. The van der Waals surface area contributed by atoms with Crippen molar-refractivity contribution in [3.8, 4) is 0 Å². The molecule has 4 saturated carbocycles. The van der Waals surface area contributed by atoms with E-state index in [-0.39, 0.29) is 11.9 Å². The molecule has 0 heterocycles. The molecule has 4 rings (SSSR count). The van der Waals surface area contributed by atoms with E-state index in [1.165, 1.54) is 6.08 Å². The molecule has 4 nitrogen and oxygen atoms in total. The van der Waals surface area contributed by atoms with Gasteiger partial charge in [-0.1, -0.05) is 13.2 Å². The Morgan fingerprint density at radius 2 is 2.00 bits per heavy atom. The minimum absolute atomic E-state index is 0.308. The van der Waals surface area contributed by atoms with Crippen LogP contribution in [0.3, 0.4) is 0 Å². The average molecular weight is 276 g/mol. The monoisotopic (exact) mass is 276 g/mol. The average Bonchev–Trinajstić information content (AvgIpc) is 2.71. The fourth-order valence-corrected chi connectivity index (χ4v) is 4.55. The molecule has 108 valence electrons. The van der Waals surface area contributed by atoms with Crippen molar-refractivity contribution in [1.82, 2.24) is 0 Å². The van der Waals surface area contributed by atoms with E-state index >= 15 is 0 Å². The number of hydrogen-bond donors (Lipinski definition) is 0. The van der Waals surface area contributed by atoms with E-state index in [2.05, 4.69) is 13.2 Å². The van der Waals surface area contributed by atoms with Crippen molar-refractivity contribution in [2.75, 3.05) is 0 Å².